The molecule has 0 fully saturated rings. The van der Waals surface area contributed by atoms with Crippen molar-refractivity contribution in [2.75, 3.05) is 40.1 Å². The zero-order valence-corrected chi connectivity index (χ0v) is 14.8. The fourth-order valence-electron chi connectivity index (χ4n) is 1.85. The second-order valence-corrected chi connectivity index (χ2v) is 5.15. The van der Waals surface area contributed by atoms with E-state index in [2.05, 4.69) is 11.7 Å². The summed E-state index contributed by atoms with van der Waals surface area (Å²) in [5, 5.41) is 0. The molecule has 0 saturated heterocycles. The third kappa shape index (κ3) is 8.86. The number of carbonyl (C=O) groups is 1. The number of rotatable bonds is 13. The molecule has 0 amide bonds. The highest BCUT2D eigenvalue weighted by Crippen LogP contribution is 2.14. The van der Waals surface area contributed by atoms with Crippen molar-refractivity contribution < 1.29 is 28.5 Å². The Morgan fingerprint density at radius 2 is 1.62 bits per heavy atom. The number of carbonyl (C=O) groups excluding carboxylic acids is 1. The molecular formula is C18H28O6. The van der Waals surface area contributed by atoms with Gasteiger partial charge in [0.05, 0.1) is 39.1 Å². The first-order chi connectivity index (χ1) is 11.7. The van der Waals surface area contributed by atoms with Crippen LogP contribution in [0.15, 0.2) is 24.3 Å². The molecule has 1 aromatic rings. The average Bonchev–Trinajstić information content (AvgIpc) is 2.60. The van der Waals surface area contributed by atoms with Crippen LogP contribution in [-0.4, -0.2) is 52.4 Å². The predicted octanol–water partition coefficient (Wildman–Crippen LogP) is 3.05. The van der Waals surface area contributed by atoms with Crippen LogP contribution in [0.5, 0.6) is 5.75 Å². The van der Waals surface area contributed by atoms with Gasteiger partial charge in [-0.25, -0.2) is 4.79 Å². The van der Waals surface area contributed by atoms with Crippen molar-refractivity contribution in [3.05, 3.63) is 29.8 Å². The number of hydrogen-bond acceptors (Lipinski definition) is 6. The molecule has 0 radical (unpaired) electrons. The minimum atomic E-state index is -0.404. The minimum Gasteiger partial charge on any atom is -0.465 e. The van der Waals surface area contributed by atoms with Crippen molar-refractivity contribution in [3.63, 3.8) is 0 Å². The fraction of sp³-hybridized carbons (Fsp3) is 0.611. The van der Waals surface area contributed by atoms with Crippen molar-refractivity contribution in [2.24, 2.45) is 0 Å². The summed E-state index contributed by atoms with van der Waals surface area (Å²) in [4.78, 5) is 11.3. The summed E-state index contributed by atoms with van der Waals surface area (Å²) in [7, 11) is 1.35. The third-order valence-corrected chi connectivity index (χ3v) is 3.17. The average molecular weight is 340 g/mol. The second kappa shape index (κ2) is 12.8. The molecule has 0 aromatic heterocycles. The highest BCUT2D eigenvalue weighted by molar-refractivity contribution is 5.89. The maximum atomic E-state index is 11.3. The van der Waals surface area contributed by atoms with E-state index in [4.69, 9.17) is 18.9 Å². The predicted molar refractivity (Wildman–Crippen MR) is 90.4 cm³/mol. The van der Waals surface area contributed by atoms with Crippen molar-refractivity contribution in [1.29, 1.82) is 0 Å². The lowest BCUT2D eigenvalue weighted by Gasteiger charge is -2.15. The maximum Gasteiger partial charge on any atom is 0.337 e. The first-order valence-corrected chi connectivity index (χ1v) is 8.29. The highest BCUT2D eigenvalue weighted by atomic mass is 16.7. The van der Waals surface area contributed by atoms with Gasteiger partial charge in [-0.15, -0.1) is 0 Å². The van der Waals surface area contributed by atoms with E-state index >= 15 is 0 Å². The van der Waals surface area contributed by atoms with Crippen LogP contribution >= 0.6 is 0 Å². The first-order valence-electron chi connectivity index (χ1n) is 8.29. The van der Waals surface area contributed by atoms with E-state index < -0.39 is 6.29 Å². The van der Waals surface area contributed by atoms with E-state index in [-0.39, 0.29) is 5.97 Å². The molecule has 24 heavy (non-hydrogen) atoms. The van der Waals surface area contributed by atoms with E-state index in [1.165, 1.54) is 7.11 Å². The van der Waals surface area contributed by atoms with E-state index in [9.17, 15) is 4.79 Å². The minimum absolute atomic E-state index is 0.373. The molecular weight excluding hydrogens is 312 g/mol. The molecule has 1 atom stereocenters. The molecule has 0 N–H and O–H groups in total. The van der Waals surface area contributed by atoms with Crippen LogP contribution in [0.4, 0.5) is 0 Å². The normalized spacial score (nSPS) is 12.0. The van der Waals surface area contributed by atoms with Crippen LogP contribution < -0.4 is 4.74 Å². The van der Waals surface area contributed by atoms with E-state index in [1.54, 1.807) is 24.3 Å². The molecule has 0 aliphatic heterocycles. The van der Waals surface area contributed by atoms with Gasteiger partial charge < -0.3 is 23.7 Å². The van der Waals surface area contributed by atoms with Gasteiger partial charge in [0.25, 0.3) is 0 Å². The first kappa shape index (κ1) is 20.4. The smallest absolute Gasteiger partial charge is 0.337 e. The van der Waals surface area contributed by atoms with Gasteiger partial charge in [0.15, 0.2) is 6.29 Å². The number of unbranched alkanes of at least 4 members (excludes halogenated alkanes) is 1. The third-order valence-electron chi connectivity index (χ3n) is 3.17. The Bertz CT molecular complexity index is 445. The molecule has 1 rings (SSSR count). The van der Waals surface area contributed by atoms with Crippen LogP contribution in [0.25, 0.3) is 0 Å². The SMILES string of the molecule is CCCCOCCOCCOC(C)Oc1ccc(C(=O)OC)cc1. The summed E-state index contributed by atoms with van der Waals surface area (Å²) in [6.07, 6.45) is 1.81. The van der Waals surface area contributed by atoms with Gasteiger partial charge in [0.1, 0.15) is 5.75 Å². The molecule has 0 heterocycles. The molecule has 136 valence electrons. The standard InChI is InChI=1S/C18H28O6/c1-4-5-10-21-11-12-22-13-14-23-15(2)24-17-8-6-16(7-9-17)18(19)20-3/h6-9,15H,4-5,10-14H2,1-3H3. The highest BCUT2D eigenvalue weighted by Gasteiger charge is 2.07. The number of esters is 1. The summed E-state index contributed by atoms with van der Waals surface area (Å²) in [6.45, 7) is 6.84. The topological polar surface area (TPSA) is 63.2 Å². The Hall–Kier alpha value is -1.63. The Labute approximate surface area is 144 Å². The molecule has 1 aromatic carbocycles. The Kier molecular flexibility index (Phi) is 10.8. The summed E-state index contributed by atoms with van der Waals surface area (Å²) in [5.41, 5.74) is 0.480. The Morgan fingerprint density at radius 1 is 1.00 bits per heavy atom. The van der Waals surface area contributed by atoms with Gasteiger partial charge in [-0.2, -0.15) is 0 Å². The molecule has 1 unspecified atom stereocenters. The monoisotopic (exact) mass is 340 g/mol. The van der Waals surface area contributed by atoms with Crippen molar-refractivity contribution >= 4 is 5.97 Å². The molecule has 6 heteroatoms. The quantitative estimate of drug-likeness (QED) is 0.312. The summed E-state index contributed by atoms with van der Waals surface area (Å²) in [5.74, 6) is 0.252. The van der Waals surface area contributed by atoms with Gasteiger partial charge in [0.2, 0.25) is 0 Å². The molecule has 6 nitrogen and oxygen atoms in total. The molecule has 0 spiro atoms. The zero-order chi connectivity index (χ0) is 17.6. The van der Waals surface area contributed by atoms with Crippen molar-refractivity contribution in [2.45, 2.75) is 33.0 Å². The largest absolute Gasteiger partial charge is 0.465 e. The van der Waals surface area contributed by atoms with Crippen LogP contribution in [-0.2, 0) is 18.9 Å². The zero-order valence-electron chi connectivity index (χ0n) is 14.8. The maximum absolute atomic E-state index is 11.3. The molecule has 0 aliphatic rings. The number of ether oxygens (including phenoxy) is 5. The second-order valence-electron chi connectivity index (χ2n) is 5.15. The lowest BCUT2D eigenvalue weighted by Crippen LogP contribution is -2.19. The van der Waals surface area contributed by atoms with Gasteiger partial charge in [-0.05, 0) is 37.6 Å². The summed E-state index contributed by atoms with van der Waals surface area (Å²) in [6, 6.07) is 6.71. The van der Waals surface area contributed by atoms with Crippen LogP contribution in [0.3, 0.4) is 0 Å². The van der Waals surface area contributed by atoms with Crippen molar-refractivity contribution in [1.82, 2.24) is 0 Å². The van der Waals surface area contributed by atoms with Gasteiger partial charge >= 0.3 is 5.97 Å². The van der Waals surface area contributed by atoms with Gasteiger partial charge in [0, 0.05) is 6.61 Å². The van der Waals surface area contributed by atoms with Gasteiger partial charge in [-0.1, -0.05) is 13.3 Å². The molecule has 0 saturated carbocycles. The van der Waals surface area contributed by atoms with Crippen LogP contribution in [0, 0.1) is 0 Å². The Balaban J connectivity index is 2.09. The summed E-state index contributed by atoms with van der Waals surface area (Å²) >= 11 is 0. The lowest BCUT2D eigenvalue weighted by molar-refractivity contribution is -0.0860. The molecule has 0 bridgehead atoms. The summed E-state index contributed by atoms with van der Waals surface area (Å²) < 4.78 is 26.6. The van der Waals surface area contributed by atoms with E-state index in [0.717, 1.165) is 19.4 Å². The number of hydrogen-bond donors (Lipinski definition) is 0. The van der Waals surface area contributed by atoms with Crippen molar-refractivity contribution in [3.8, 4) is 5.75 Å². The van der Waals surface area contributed by atoms with Gasteiger partial charge in [-0.3, -0.25) is 0 Å². The van der Waals surface area contributed by atoms with E-state index in [1.807, 2.05) is 6.92 Å². The molecule has 0 aliphatic carbocycles. The van der Waals surface area contributed by atoms with Crippen LogP contribution in [0.1, 0.15) is 37.0 Å². The fourth-order valence-corrected chi connectivity index (χ4v) is 1.85. The lowest BCUT2D eigenvalue weighted by atomic mass is 10.2. The Morgan fingerprint density at radius 3 is 2.25 bits per heavy atom. The number of methoxy groups -OCH3 is 1. The van der Waals surface area contributed by atoms with E-state index in [0.29, 0.717) is 37.7 Å². The number of benzene rings is 1. The van der Waals surface area contributed by atoms with Crippen LogP contribution in [0.2, 0.25) is 0 Å².